The highest BCUT2D eigenvalue weighted by molar-refractivity contribution is 6.02. The number of nitrogens with zero attached hydrogens (tertiary/aromatic N) is 5. The van der Waals surface area contributed by atoms with Crippen molar-refractivity contribution in [3.63, 3.8) is 0 Å². The van der Waals surface area contributed by atoms with Crippen LogP contribution in [-0.4, -0.2) is 57.8 Å². The summed E-state index contributed by atoms with van der Waals surface area (Å²) in [6.45, 7) is 9.21. The Hall–Kier alpha value is -3.89. The van der Waals surface area contributed by atoms with Crippen molar-refractivity contribution in [3.8, 4) is 23.1 Å². The summed E-state index contributed by atoms with van der Waals surface area (Å²) >= 11 is 0. The molecule has 0 fully saturated rings. The molecule has 0 saturated heterocycles. The van der Waals surface area contributed by atoms with Crippen molar-refractivity contribution in [2.45, 2.75) is 65.6 Å². The molecule has 194 valence electrons. The van der Waals surface area contributed by atoms with Crippen LogP contribution in [0.2, 0.25) is 0 Å². The summed E-state index contributed by atoms with van der Waals surface area (Å²) in [4.78, 5) is 29.8. The van der Waals surface area contributed by atoms with E-state index in [0.29, 0.717) is 41.5 Å². The lowest BCUT2D eigenvalue weighted by Gasteiger charge is -2.34. The molecule has 0 unspecified atom stereocenters. The van der Waals surface area contributed by atoms with Crippen molar-refractivity contribution in [2.24, 2.45) is 0 Å². The summed E-state index contributed by atoms with van der Waals surface area (Å²) in [6, 6.07) is 7.83. The smallest absolute Gasteiger partial charge is 0.251 e. The van der Waals surface area contributed by atoms with Crippen molar-refractivity contribution < 1.29 is 23.5 Å². The highest BCUT2D eigenvalue weighted by Crippen LogP contribution is 2.34. The van der Waals surface area contributed by atoms with E-state index in [9.17, 15) is 9.59 Å². The van der Waals surface area contributed by atoms with Crippen molar-refractivity contribution >= 4 is 17.5 Å². The quantitative estimate of drug-likeness (QED) is 0.451. The van der Waals surface area contributed by atoms with Gasteiger partial charge in [0.15, 0.2) is 5.76 Å². The van der Waals surface area contributed by atoms with E-state index in [1.54, 1.807) is 37.4 Å². The number of furan rings is 1. The van der Waals surface area contributed by atoms with Gasteiger partial charge >= 0.3 is 0 Å². The van der Waals surface area contributed by atoms with Crippen LogP contribution in [0.15, 0.2) is 34.7 Å². The Labute approximate surface area is 210 Å². The lowest BCUT2D eigenvalue weighted by atomic mass is 10.0. The first-order chi connectivity index (χ1) is 17.1. The van der Waals surface area contributed by atoms with Gasteiger partial charge in [0.05, 0.1) is 19.9 Å². The summed E-state index contributed by atoms with van der Waals surface area (Å²) in [5, 5.41) is 15.3. The lowest BCUT2D eigenvalue weighted by Crippen LogP contribution is -2.54. The summed E-state index contributed by atoms with van der Waals surface area (Å²) < 4.78 is 16.4. The zero-order valence-electron chi connectivity index (χ0n) is 21.9. The van der Waals surface area contributed by atoms with Crippen LogP contribution in [0.1, 0.15) is 46.3 Å². The summed E-state index contributed by atoms with van der Waals surface area (Å²) in [7, 11) is 3.05. The molecule has 2 amide bonds. The van der Waals surface area contributed by atoms with E-state index in [1.165, 1.54) is 16.8 Å². The van der Waals surface area contributed by atoms with Gasteiger partial charge in [-0.15, -0.1) is 10.2 Å². The fraction of sp³-hybridized carbons (Fsp3) is 0.480. The molecule has 2 aromatic heterocycles. The third kappa shape index (κ3) is 6.41. The first-order valence-corrected chi connectivity index (χ1v) is 11.8. The Morgan fingerprint density at radius 3 is 2.50 bits per heavy atom. The molecule has 2 heterocycles. The average molecular weight is 499 g/mol. The molecule has 3 rings (SSSR count). The molecule has 0 aliphatic carbocycles. The number of rotatable bonds is 10. The van der Waals surface area contributed by atoms with Gasteiger partial charge in [0.2, 0.25) is 11.7 Å². The molecule has 11 nitrogen and oxygen atoms in total. The molecule has 0 aliphatic heterocycles. The van der Waals surface area contributed by atoms with E-state index in [0.717, 1.165) is 0 Å². The third-order valence-corrected chi connectivity index (χ3v) is 5.28. The number of ether oxygens (including phenoxy) is 2. The summed E-state index contributed by atoms with van der Waals surface area (Å²) in [6.07, 6.45) is 1.11. The van der Waals surface area contributed by atoms with E-state index in [-0.39, 0.29) is 18.3 Å². The second kappa shape index (κ2) is 11.2. The van der Waals surface area contributed by atoms with Gasteiger partial charge in [-0.3, -0.25) is 14.5 Å². The first kappa shape index (κ1) is 26.7. The molecule has 0 radical (unpaired) electrons. The molecule has 0 bridgehead atoms. The van der Waals surface area contributed by atoms with Crippen LogP contribution in [0.4, 0.5) is 5.69 Å². The topological polar surface area (TPSA) is 125 Å². The number of aromatic nitrogens is 4. The standard InChI is InChI=1S/C25H34N6O5/c1-8-9-19(24(33)26-25(3,4)5)31(18-12-11-17(34-6)14-21(18)35-7)22(32)15-30-28-23(27-29-30)20-13-10-16(2)36-20/h10-14,19H,8-9,15H2,1-7H3,(H,26,33)/t19-/m1/s1. The monoisotopic (exact) mass is 498 g/mol. The minimum absolute atomic E-state index is 0.245. The summed E-state index contributed by atoms with van der Waals surface area (Å²) in [5.41, 5.74) is -0.0430. The molecule has 3 aromatic rings. The maximum Gasteiger partial charge on any atom is 0.251 e. The molecule has 1 aromatic carbocycles. The van der Waals surface area contributed by atoms with Crippen molar-refractivity contribution in [3.05, 3.63) is 36.1 Å². The van der Waals surface area contributed by atoms with E-state index in [1.807, 2.05) is 34.6 Å². The number of tetrazole rings is 1. The van der Waals surface area contributed by atoms with Gasteiger partial charge in [0.25, 0.3) is 5.91 Å². The van der Waals surface area contributed by atoms with Gasteiger partial charge in [0, 0.05) is 11.6 Å². The van der Waals surface area contributed by atoms with E-state index < -0.39 is 17.5 Å². The fourth-order valence-corrected chi connectivity index (χ4v) is 3.72. The van der Waals surface area contributed by atoms with Crippen molar-refractivity contribution in [1.29, 1.82) is 0 Å². The second-order valence-corrected chi connectivity index (χ2v) is 9.40. The van der Waals surface area contributed by atoms with Crippen molar-refractivity contribution in [1.82, 2.24) is 25.5 Å². The normalized spacial score (nSPS) is 12.2. The van der Waals surface area contributed by atoms with Gasteiger partial charge in [-0.2, -0.15) is 4.80 Å². The lowest BCUT2D eigenvalue weighted by molar-refractivity contribution is -0.128. The minimum atomic E-state index is -0.792. The number of hydrogen-bond donors (Lipinski definition) is 1. The Balaban J connectivity index is 2.01. The Morgan fingerprint density at radius 2 is 1.92 bits per heavy atom. The molecule has 0 spiro atoms. The highest BCUT2D eigenvalue weighted by atomic mass is 16.5. The number of carbonyl (C=O) groups is 2. The number of hydrogen-bond acceptors (Lipinski definition) is 8. The molecule has 1 atom stereocenters. The predicted octanol–water partition coefficient (Wildman–Crippen LogP) is 3.38. The number of nitrogens with one attached hydrogen (secondary N) is 1. The van der Waals surface area contributed by atoms with Gasteiger partial charge in [0.1, 0.15) is 29.8 Å². The molecule has 36 heavy (non-hydrogen) atoms. The zero-order valence-corrected chi connectivity index (χ0v) is 21.9. The van der Waals surface area contributed by atoms with Crippen LogP contribution in [-0.2, 0) is 16.1 Å². The summed E-state index contributed by atoms with van der Waals surface area (Å²) in [5.74, 6) is 1.71. The predicted molar refractivity (Wildman–Crippen MR) is 134 cm³/mol. The fourth-order valence-electron chi connectivity index (χ4n) is 3.72. The number of carbonyl (C=O) groups excluding carboxylic acids is 2. The van der Waals surface area contributed by atoms with Crippen LogP contribution in [0.5, 0.6) is 11.5 Å². The number of anilines is 1. The average Bonchev–Trinajstić information content (AvgIpc) is 3.46. The van der Waals surface area contributed by atoms with Gasteiger partial charge in [-0.25, -0.2) is 0 Å². The molecule has 0 saturated carbocycles. The second-order valence-electron chi connectivity index (χ2n) is 9.40. The first-order valence-electron chi connectivity index (χ1n) is 11.8. The maximum absolute atomic E-state index is 13.8. The molecule has 11 heteroatoms. The third-order valence-electron chi connectivity index (χ3n) is 5.28. The molecular weight excluding hydrogens is 464 g/mol. The van der Waals surface area contributed by atoms with Crippen LogP contribution in [0.25, 0.3) is 11.6 Å². The number of methoxy groups -OCH3 is 2. The molecule has 0 aliphatic rings. The molecule has 1 N–H and O–H groups in total. The SMILES string of the molecule is CCC[C@H](C(=O)NC(C)(C)C)N(C(=O)Cn1nnc(-c2ccc(C)o2)n1)c1ccc(OC)cc1OC. The Morgan fingerprint density at radius 1 is 1.17 bits per heavy atom. The largest absolute Gasteiger partial charge is 0.497 e. The van der Waals surface area contributed by atoms with E-state index >= 15 is 0 Å². The van der Waals surface area contributed by atoms with E-state index in [4.69, 9.17) is 13.9 Å². The van der Waals surface area contributed by atoms with Crippen LogP contribution in [0, 0.1) is 6.92 Å². The number of benzene rings is 1. The van der Waals surface area contributed by atoms with Crippen LogP contribution >= 0.6 is 0 Å². The van der Waals surface area contributed by atoms with Crippen LogP contribution in [0.3, 0.4) is 0 Å². The van der Waals surface area contributed by atoms with Crippen molar-refractivity contribution in [2.75, 3.05) is 19.1 Å². The van der Waals surface area contributed by atoms with Gasteiger partial charge in [-0.1, -0.05) is 13.3 Å². The van der Waals surface area contributed by atoms with Crippen LogP contribution < -0.4 is 19.7 Å². The zero-order chi connectivity index (χ0) is 26.5. The van der Waals surface area contributed by atoms with Gasteiger partial charge in [-0.05, 0) is 63.6 Å². The number of aryl methyl sites for hydroxylation is 1. The Kier molecular flexibility index (Phi) is 8.33. The maximum atomic E-state index is 13.8. The van der Waals surface area contributed by atoms with Gasteiger partial charge < -0.3 is 19.2 Å². The minimum Gasteiger partial charge on any atom is -0.497 e. The molecular formula is C25H34N6O5. The Bertz CT molecular complexity index is 1200. The number of amides is 2. The van der Waals surface area contributed by atoms with E-state index in [2.05, 4.69) is 20.7 Å². The highest BCUT2D eigenvalue weighted by Gasteiger charge is 2.34.